The van der Waals surface area contributed by atoms with Crippen molar-refractivity contribution in [3.63, 3.8) is 0 Å². The first-order valence-corrected chi connectivity index (χ1v) is 7.32. The van der Waals surface area contributed by atoms with Crippen LogP contribution >= 0.6 is 0 Å². The molecule has 2 N–H and O–H groups in total. The van der Waals surface area contributed by atoms with Gasteiger partial charge in [0.15, 0.2) is 0 Å². The fraction of sp³-hybridized carbons (Fsp3) is 0.562. The summed E-state index contributed by atoms with van der Waals surface area (Å²) >= 11 is 0. The number of carbonyl (C=O) groups is 1. The Morgan fingerprint density at radius 1 is 1.21 bits per heavy atom. The Morgan fingerprint density at radius 3 is 2.74 bits per heavy atom. The topological polar surface area (TPSA) is 46.3 Å². The number of Topliss-reactive ketones (excluding diaryl/α,β-unsaturated/α-hetero) is 1. The van der Waals surface area contributed by atoms with Gasteiger partial charge in [-0.05, 0) is 31.4 Å². The van der Waals surface area contributed by atoms with E-state index in [-0.39, 0.29) is 5.92 Å². The van der Waals surface area contributed by atoms with Gasteiger partial charge in [-0.1, -0.05) is 30.3 Å². The number of carbonyl (C=O) groups excluding carboxylic acids is 1. The van der Waals surface area contributed by atoms with Crippen LogP contribution in [0.3, 0.4) is 0 Å². The van der Waals surface area contributed by atoms with Gasteiger partial charge in [-0.15, -0.1) is 0 Å². The molecule has 0 aromatic heterocycles. The van der Waals surface area contributed by atoms with Crippen LogP contribution in [0.4, 0.5) is 0 Å². The second-order valence-corrected chi connectivity index (χ2v) is 5.81. The summed E-state index contributed by atoms with van der Waals surface area (Å²) in [6, 6.07) is 11.5. The smallest absolute Gasteiger partial charge is 0.139 e. The highest BCUT2D eigenvalue weighted by molar-refractivity contribution is 5.83. The van der Waals surface area contributed by atoms with Crippen molar-refractivity contribution < 1.29 is 4.79 Å². The fourth-order valence-electron chi connectivity index (χ4n) is 3.79. The molecule has 3 nitrogen and oxygen atoms in total. The van der Waals surface area contributed by atoms with Gasteiger partial charge in [0.25, 0.3) is 0 Å². The molecule has 19 heavy (non-hydrogen) atoms. The van der Waals surface area contributed by atoms with E-state index in [0.29, 0.717) is 24.4 Å². The van der Waals surface area contributed by atoms with Crippen molar-refractivity contribution in [2.45, 2.75) is 44.3 Å². The molecule has 2 aliphatic rings. The maximum Gasteiger partial charge on any atom is 0.139 e. The lowest BCUT2D eigenvalue weighted by atomic mass is 9.86. The molecular weight excluding hydrogens is 236 g/mol. The van der Waals surface area contributed by atoms with Gasteiger partial charge in [0.2, 0.25) is 0 Å². The van der Waals surface area contributed by atoms with Gasteiger partial charge < -0.3 is 5.73 Å². The summed E-state index contributed by atoms with van der Waals surface area (Å²) in [7, 11) is 0. The summed E-state index contributed by atoms with van der Waals surface area (Å²) in [5, 5.41) is 0. The molecule has 1 aromatic carbocycles. The number of ketones is 1. The lowest BCUT2D eigenvalue weighted by Crippen LogP contribution is -2.49. The molecule has 0 radical (unpaired) electrons. The Morgan fingerprint density at radius 2 is 2.00 bits per heavy atom. The van der Waals surface area contributed by atoms with Crippen molar-refractivity contribution in [3.8, 4) is 0 Å². The summed E-state index contributed by atoms with van der Waals surface area (Å²) in [5.41, 5.74) is 7.03. The van der Waals surface area contributed by atoms with E-state index in [1.165, 1.54) is 12.0 Å². The van der Waals surface area contributed by atoms with Crippen LogP contribution in [0.15, 0.2) is 30.3 Å². The predicted molar refractivity (Wildman–Crippen MR) is 75.6 cm³/mol. The van der Waals surface area contributed by atoms with E-state index in [4.69, 9.17) is 5.73 Å². The van der Waals surface area contributed by atoms with Crippen molar-refractivity contribution in [2.24, 2.45) is 11.7 Å². The number of benzene rings is 1. The van der Waals surface area contributed by atoms with Gasteiger partial charge in [-0.2, -0.15) is 0 Å². The van der Waals surface area contributed by atoms with E-state index in [1.54, 1.807) is 0 Å². The summed E-state index contributed by atoms with van der Waals surface area (Å²) < 4.78 is 0. The van der Waals surface area contributed by atoms with Gasteiger partial charge in [0.05, 0.1) is 0 Å². The monoisotopic (exact) mass is 258 g/mol. The molecule has 2 fully saturated rings. The average molecular weight is 258 g/mol. The van der Waals surface area contributed by atoms with Crippen molar-refractivity contribution in [1.29, 1.82) is 0 Å². The highest BCUT2D eigenvalue weighted by Crippen LogP contribution is 2.39. The number of hydrogen-bond acceptors (Lipinski definition) is 3. The number of fused-ring (bicyclic) bond motifs is 2. The highest BCUT2D eigenvalue weighted by atomic mass is 16.1. The SMILES string of the molecule is NCCC1C(=O)CC2CCC1N2Cc1ccccc1. The van der Waals surface area contributed by atoms with Crippen molar-refractivity contribution in [1.82, 2.24) is 4.90 Å². The number of rotatable bonds is 4. The molecule has 2 aliphatic heterocycles. The van der Waals surface area contributed by atoms with Gasteiger partial charge in [0, 0.05) is 31.0 Å². The molecule has 0 aliphatic carbocycles. The second-order valence-electron chi connectivity index (χ2n) is 5.81. The van der Waals surface area contributed by atoms with Gasteiger partial charge in [-0.3, -0.25) is 9.69 Å². The molecule has 2 bridgehead atoms. The number of nitrogens with two attached hydrogens (primary N) is 1. The van der Waals surface area contributed by atoms with Crippen LogP contribution in [-0.2, 0) is 11.3 Å². The maximum atomic E-state index is 12.2. The summed E-state index contributed by atoms with van der Waals surface area (Å²) in [6.07, 6.45) is 3.91. The van der Waals surface area contributed by atoms with E-state index in [1.807, 2.05) is 0 Å². The van der Waals surface area contributed by atoms with Gasteiger partial charge in [0.1, 0.15) is 5.78 Å². The summed E-state index contributed by atoms with van der Waals surface area (Å²) in [4.78, 5) is 14.7. The first-order chi connectivity index (χ1) is 9.29. The number of nitrogens with zero attached hydrogens (tertiary/aromatic N) is 1. The quantitative estimate of drug-likeness (QED) is 0.898. The maximum absolute atomic E-state index is 12.2. The normalized spacial score (nSPS) is 30.8. The van der Waals surface area contributed by atoms with Crippen LogP contribution in [0.1, 0.15) is 31.2 Å². The molecule has 1 aromatic rings. The molecule has 3 unspecified atom stereocenters. The third-order valence-electron chi connectivity index (χ3n) is 4.69. The molecule has 3 rings (SSSR count). The van der Waals surface area contributed by atoms with E-state index < -0.39 is 0 Å². The van der Waals surface area contributed by atoms with Crippen LogP contribution < -0.4 is 5.73 Å². The molecule has 2 heterocycles. The minimum atomic E-state index is 0.174. The zero-order valence-corrected chi connectivity index (χ0v) is 11.3. The summed E-state index contributed by atoms with van der Waals surface area (Å²) in [5.74, 6) is 0.620. The third kappa shape index (κ3) is 2.45. The Hall–Kier alpha value is -1.19. The Labute approximate surface area is 114 Å². The zero-order chi connectivity index (χ0) is 13.2. The highest BCUT2D eigenvalue weighted by Gasteiger charge is 2.45. The first-order valence-electron chi connectivity index (χ1n) is 7.32. The van der Waals surface area contributed by atoms with Crippen LogP contribution in [0.5, 0.6) is 0 Å². The van der Waals surface area contributed by atoms with E-state index in [0.717, 1.165) is 25.8 Å². The van der Waals surface area contributed by atoms with Gasteiger partial charge >= 0.3 is 0 Å². The van der Waals surface area contributed by atoms with E-state index in [9.17, 15) is 4.79 Å². The minimum absolute atomic E-state index is 0.174. The predicted octanol–water partition coefficient (Wildman–Crippen LogP) is 1.96. The standard InChI is InChI=1S/C16H22N2O/c17-9-8-14-15-7-6-13(10-16(14)19)18(15)11-12-4-2-1-3-5-12/h1-5,13-15H,6-11,17H2. The Balaban J connectivity index is 1.77. The lowest BCUT2D eigenvalue weighted by Gasteiger charge is -2.39. The average Bonchev–Trinajstić information content (AvgIpc) is 2.71. The number of hydrogen-bond donors (Lipinski definition) is 1. The molecule has 102 valence electrons. The van der Waals surface area contributed by atoms with E-state index >= 15 is 0 Å². The molecule has 0 spiro atoms. The van der Waals surface area contributed by atoms with Crippen LogP contribution in [-0.4, -0.2) is 29.3 Å². The first kappa shape index (κ1) is 12.8. The summed E-state index contributed by atoms with van der Waals surface area (Å²) in [6.45, 7) is 1.60. The van der Waals surface area contributed by atoms with Crippen molar-refractivity contribution in [2.75, 3.05) is 6.54 Å². The molecule has 3 heteroatoms. The molecule has 3 atom stereocenters. The van der Waals surface area contributed by atoms with Crippen molar-refractivity contribution >= 4 is 5.78 Å². The molecular formula is C16H22N2O. The Kier molecular flexibility index (Phi) is 3.67. The van der Waals surface area contributed by atoms with Crippen LogP contribution in [0.25, 0.3) is 0 Å². The second kappa shape index (κ2) is 5.43. The molecule has 0 amide bonds. The number of piperidine rings is 1. The van der Waals surface area contributed by atoms with Crippen LogP contribution in [0.2, 0.25) is 0 Å². The Bertz CT molecular complexity index is 445. The van der Waals surface area contributed by atoms with E-state index in [2.05, 4.69) is 35.2 Å². The third-order valence-corrected chi connectivity index (χ3v) is 4.69. The van der Waals surface area contributed by atoms with Crippen LogP contribution in [0, 0.1) is 5.92 Å². The lowest BCUT2D eigenvalue weighted by molar-refractivity contribution is -0.129. The largest absolute Gasteiger partial charge is 0.330 e. The van der Waals surface area contributed by atoms with Gasteiger partial charge in [-0.25, -0.2) is 0 Å². The zero-order valence-electron chi connectivity index (χ0n) is 11.3. The molecule has 2 saturated heterocycles. The minimum Gasteiger partial charge on any atom is -0.330 e. The fourth-order valence-corrected chi connectivity index (χ4v) is 3.79. The molecule has 0 saturated carbocycles. The van der Waals surface area contributed by atoms with Crippen molar-refractivity contribution in [3.05, 3.63) is 35.9 Å².